The summed E-state index contributed by atoms with van der Waals surface area (Å²) in [7, 11) is 1.82. The van der Waals surface area contributed by atoms with Crippen LogP contribution < -0.4 is 11.1 Å². The van der Waals surface area contributed by atoms with E-state index in [0.29, 0.717) is 18.0 Å². The quantitative estimate of drug-likeness (QED) is 0.395. The van der Waals surface area contributed by atoms with Gasteiger partial charge in [0.05, 0.1) is 0 Å². The maximum Gasteiger partial charge on any atom is 0.248 e. The molecule has 0 aromatic heterocycles. The minimum atomic E-state index is -0.401. The molecule has 0 aliphatic carbocycles. The zero-order valence-electron chi connectivity index (χ0n) is 15.6. The third kappa shape index (κ3) is 5.95. The molecule has 2 aromatic carbocycles. The Hall–Kier alpha value is -2.09. The van der Waals surface area contributed by atoms with Crippen molar-refractivity contribution in [3.05, 3.63) is 71.3 Å². The van der Waals surface area contributed by atoms with E-state index >= 15 is 0 Å². The molecule has 1 aliphatic rings. The normalized spacial score (nSPS) is 16.7. The van der Waals surface area contributed by atoms with Gasteiger partial charge in [0.25, 0.3) is 0 Å². The highest BCUT2D eigenvalue weighted by molar-refractivity contribution is 14.0. The molecular formula is C21H27IN4O. The van der Waals surface area contributed by atoms with Crippen LogP contribution >= 0.6 is 24.0 Å². The van der Waals surface area contributed by atoms with E-state index in [1.165, 1.54) is 12.0 Å². The number of primary amides is 1. The molecule has 5 nitrogen and oxygen atoms in total. The summed E-state index contributed by atoms with van der Waals surface area (Å²) in [5.41, 5.74) is 8.30. The molecular weight excluding hydrogens is 451 g/mol. The van der Waals surface area contributed by atoms with Crippen LogP contribution in [0.3, 0.4) is 0 Å². The van der Waals surface area contributed by atoms with E-state index in [0.717, 1.165) is 31.0 Å². The van der Waals surface area contributed by atoms with Crippen LogP contribution in [0.1, 0.15) is 27.9 Å². The standard InChI is InChI=1S/C21H26N4O.HI/c1-23-21(24-14-17-7-9-19(10-8-17)20(22)26)25-12-11-18(15-25)13-16-5-3-2-4-6-16;/h2-10,18H,11-15H2,1H3,(H2,22,26)(H,23,24);1H. The van der Waals surface area contributed by atoms with E-state index in [4.69, 9.17) is 5.73 Å². The average Bonchev–Trinajstić information content (AvgIpc) is 3.12. The third-order valence-corrected chi connectivity index (χ3v) is 4.85. The second-order valence-electron chi connectivity index (χ2n) is 6.75. The van der Waals surface area contributed by atoms with Crippen molar-refractivity contribution >= 4 is 35.8 Å². The fourth-order valence-electron chi connectivity index (χ4n) is 3.44. The summed E-state index contributed by atoms with van der Waals surface area (Å²) in [5, 5.41) is 3.42. The Kier molecular flexibility index (Phi) is 8.09. The Morgan fingerprint density at radius 3 is 2.48 bits per heavy atom. The van der Waals surface area contributed by atoms with Gasteiger partial charge >= 0.3 is 0 Å². The minimum absolute atomic E-state index is 0. The van der Waals surface area contributed by atoms with Gasteiger partial charge in [-0.25, -0.2) is 0 Å². The zero-order valence-corrected chi connectivity index (χ0v) is 17.9. The number of halogens is 1. The summed E-state index contributed by atoms with van der Waals surface area (Å²) < 4.78 is 0. The third-order valence-electron chi connectivity index (χ3n) is 4.85. The predicted octanol–water partition coefficient (Wildman–Crippen LogP) is 3.04. The number of benzene rings is 2. The molecule has 1 fully saturated rings. The smallest absolute Gasteiger partial charge is 0.248 e. The van der Waals surface area contributed by atoms with Gasteiger partial charge < -0.3 is 16.0 Å². The topological polar surface area (TPSA) is 70.7 Å². The highest BCUT2D eigenvalue weighted by atomic mass is 127. The number of hydrogen-bond donors (Lipinski definition) is 2. The minimum Gasteiger partial charge on any atom is -0.366 e. The van der Waals surface area contributed by atoms with Crippen LogP contribution in [0.4, 0.5) is 0 Å². The fraction of sp³-hybridized carbons (Fsp3) is 0.333. The first kappa shape index (κ1) is 21.2. The van der Waals surface area contributed by atoms with E-state index in [9.17, 15) is 4.79 Å². The number of carbonyl (C=O) groups excluding carboxylic acids is 1. The lowest BCUT2D eigenvalue weighted by Crippen LogP contribution is -2.39. The Morgan fingerprint density at radius 1 is 1.15 bits per heavy atom. The molecule has 0 spiro atoms. The SMILES string of the molecule is CN=C(NCc1ccc(C(N)=O)cc1)N1CCC(Cc2ccccc2)C1.I. The monoisotopic (exact) mass is 478 g/mol. The van der Waals surface area contributed by atoms with Gasteiger partial charge in [0.2, 0.25) is 5.91 Å². The summed E-state index contributed by atoms with van der Waals surface area (Å²) in [4.78, 5) is 17.9. The Bertz CT molecular complexity index is 762. The van der Waals surface area contributed by atoms with Crippen LogP contribution in [0.2, 0.25) is 0 Å². The highest BCUT2D eigenvalue weighted by Gasteiger charge is 2.24. The molecule has 144 valence electrons. The van der Waals surface area contributed by atoms with Crippen LogP contribution in [0, 0.1) is 5.92 Å². The molecule has 1 aliphatic heterocycles. The fourth-order valence-corrected chi connectivity index (χ4v) is 3.44. The molecule has 1 atom stereocenters. The molecule has 0 saturated carbocycles. The van der Waals surface area contributed by atoms with Crippen LogP contribution in [0.15, 0.2) is 59.6 Å². The van der Waals surface area contributed by atoms with Gasteiger partial charge in [0.15, 0.2) is 5.96 Å². The molecule has 1 unspecified atom stereocenters. The van der Waals surface area contributed by atoms with E-state index in [-0.39, 0.29) is 24.0 Å². The van der Waals surface area contributed by atoms with E-state index in [1.54, 1.807) is 12.1 Å². The van der Waals surface area contributed by atoms with Gasteiger partial charge in [-0.2, -0.15) is 0 Å². The van der Waals surface area contributed by atoms with Gasteiger partial charge in [0, 0.05) is 32.2 Å². The van der Waals surface area contributed by atoms with Crippen molar-refractivity contribution in [1.82, 2.24) is 10.2 Å². The lowest BCUT2D eigenvalue weighted by atomic mass is 9.99. The lowest BCUT2D eigenvalue weighted by molar-refractivity contribution is 0.100. The average molecular weight is 478 g/mol. The maximum atomic E-state index is 11.1. The van der Waals surface area contributed by atoms with Crippen molar-refractivity contribution in [3.63, 3.8) is 0 Å². The molecule has 2 aromatic rings. The van der Waals surface area contributed by atoms with Crippen molar-refractivity contribution < 1.29 is 4.79 Å². The van der Waals surface area contributed by atoms with Crippen molar-refractivity contribution in [3.8, 4) is 0 Å². The van der Waals surface area contributed by atoms with Crippen LogP contribution in [0.25, 0.3) is 0 Å². The van der Waals surface area contributed by atoms with Gasteiger partial charge in [-0.15, -0.1) is 24.0 Å². The number of hydrogen-bond acceptors (Lipinski definition) is 2. The summed E-state index contributed by atoms with van der Waals surface area (Å²) in [6, 6.07) is 18.0. The van der Waals surface area contributed by atoms with Gasteiger partial charge in [-0.05, 0) is 42.0 Å². The molecule has 0 bridgehead atoms. The van der Waals surface area contributed by atoms with E-state index in [2.05, 4.69) is 45.5 Å². The van der Waals surface area contributed by atoms with Gasteiger partial charge in [-0.3, -0.25) is 9.79 Å². The molecule has 3 rings (SSSR count). The van der Waals surface area contributed by atoms with Gasteiger partial charge in [0.1, 0.15) is 0 Å². The Labute approximate surface area is 178 Å². The predicted molar refractivity (Wildman–Crippen MR) is 120 cm³/mol. The summed E-state index contributed by atoms with van der Waals surface area (Å²) >= 11 is 0. The zero-order chi connectivity index (χ0) is 18.4. The Balaban J connectivity index is 0.00000261. The van der Waals surface area contributed by atoms with Crippen molar-refractivity contribution in [2.24, 2.45) is 16.6 Å². The molecule has 1 saturated heterocycles. The summed E-state index contributed by atoms with van der Waals surface area (Å²) in [6.45, 7) is 2.72. The molecule has 3 N–H and O–H groups in total. The first-order chi connectivity index (χ1) is 12.7. The van der Waals surface area contributed by atoms with E-state index < -0.39 is 5.91 Å². The number of guanidine groups is 1. The van der Waals surface area contributed by atoms with Crippen molar-refractivity contribution in [2.45, 2.75) is 19.4 Å². The highest BCUT2D eigenvalue weighted by Crippen LogP contribution is 2.21. The maximum absolute atomic E-state index is 11.1. The number of likely N-dealkylation sites (tertiary alicyclic amines) is 1. The number of nitrogens with two attached hydrogens (primary N) is 1. The number of aliphatic imine (C=N–C) groups is 1. The lowest BCUT2D eigenvalue weighted by Gasteiger charge is -2.22. The van der Waals surface area contributed by atoms with Crippen molar-refractivity contribution in [1.29, 1.82) is 0 Å². The number of nitrogens with one attached hydrogen (secondary N) is 1. The number of nitrogens with zero attached hydrogens (tertiary/aromatic N) is 2. The van der Waals surface area contributed by atoms with Gasteiger partial charge in [-0.1, -0.05) is 42.5 Å². The van der Waals surface area contributed by atoms with Crippen LogP contribution in [-0.2, 0) is 13.0 Å². The Morgan fingerprint density at radius 2 is 1.85 bits per heavy atom. The first-order valence-electron chi connectivity index (χ1n) is 9.04. The van der Waals surface area contributed by atoms with Crippen LogP contribution in [0.5, 0.6) is 0 Å². The summed E-state index contributed by atoms with van der Waals surface area (Å²) in [5.74, 6) is 1.19. The largest absolute Gasteiger partial charge is 0.366 e. The number of rotatable bonds is 5. The van der Waals surface area contributed by atoms with E-state index in [1.807, 2.05) is 19.2 Å². The molecule has 0 radical (unpaired) electrons. The molecule has 1 amide bonds. The summed E-state index contributed by atoms with van der Waals surface area (Å²) in [6.07, 6.45) is 2.30. The number of carbonyl (C=O) groups is 1. The second-order valence-corrected chi connectivity index (χ2v) is 6.75. The first-order valence-corrected chi connectivity index (χ1v) is 9.04. The van der Waals surface area contributed by atoms with Crippen molar-refractivity contribution in [2.75, 3.05) is 20.1 Å². The molecule has 1 heterocycles. The molecule has 6 heteroatoms. The van der Waals surface area contributed by atoms with Crippen LogP contribution in [-0.4, -0.2) is 36.9 Å². The second kappa shape index (κ2) is 10.3. The number of amides is 1. The molecule has 27 heavy (non-hydrogen) atoms.